The quantitative estimate of drug-likeness (QED) is 0.788. The molecule has 19 heavy (non-hydrogen) atoms. The van der Waals surface area contributed by atoms with Crippen LogP contribution in [0.2, 0.25) is 0 Å². The molecule has 0 spiro atoms. The second-order valence-electron chi connectivity index (χ2n) is 4.06. The van der Waals surface area contributed by atoms with Gasteiger partial charge in [-0.05, 0) is 24.6 Å². The number of rotatable bonds is 4. The van der Waals surface area contributed by atoms with Gasteiger partial charge in [0, 0.05) is 11.1 Å². The molecule has 0 amide bonds. The lowest BCUT2D eigenvalue weighted by Crippen LogP contribution is -1.97. The first-order valence-electron chi connectivity index (χ1n) is 5.98. The van der Waals surface area contributed by atoms with Crippen LogP contribution in [-0.4, -0.2) is 9.97 Å². The number of aromatic nitrogens is 2. The van der Waals surface area contributed by atoms with Gasteiger partial charge >= 0.3 is 0 Å². The second kappa shape index (κ2) is 5.22. The third kappa shape index (κ3) is 2.74. The summed E-state index contributed by atoms with van der Waals surface area (Å²) in [5.41, 5.74) is 0.822. The van der Waals surface area contributed by atoms with Crippen LogP contribution in [0.15, 0.2) is 24.4 Å². The first-order chi connectivity index (χ1) is 9.24. The maximum Gasteiger partial charge on any atom is 0.184 e. The number of nitrogens with one attached hydrogen (secondary N) is 1. The van der Waals surface area contributed by atoms with E-state index in [-0.39, 0.29) is 5.82 Å². The highest BCUT2D eigenvalue weighted by atomic mass is 32.1. The molecule has 0 aliphatic heterocycles. The van der Waals surface area contributed by atoms with E-state index < -0.39 is 0 Å². The first kappa shape index (κ1) is 12.5. The summed E-state index contributed by atoms with van der Waals surface area (Å²) in [6, 6.07) is 4.64. The van der Waals surface area contributed by atoms with Gasteiger partial charge in [-0.15, -0.1) is 11.3 Å². The van der Waals surface area contributed by atoms with Crippen LogP contribution in [-0.2, 0) is 13.0 Å². The third-order valence-electron chi connectivity index (χ3n) is 2.69. The zero-order valence-electron chi connectivity index (χ0n) is 10.3. The third-order valence-corrected chi connectivity index (χ3v) is 4.81. The van der Waals surface area contributed by atoms with E-state index in [1.807, 2.05) is 6.20 Å². The van der Waals surface area contributed by atoms with Crippen molar-refractivity contribution < 1.29 is 4.39 Å². The van der Waals surface area contributed by atoms with Crippen molar-refractivity contribution in [3.8, 4) is 0 Å². The molecule has 6 heteroatoms. The number of fused-ring (bicyclic) bond motifs is 1. The van der Waals surface area contributed by atoms with Crippen molar-refractivity contribution in [2.45, 2.75) is 19.9 Å². The Morgan fingerprint density at radius 1 is 1.32 bits per heavy atom. The Morgan fingerprint density at radius 3 is 3.00 bits per heavy atom. The molecule has 1 N–H and O–H groups in total. The number of halogens is 1. The van der Waals surface area contributed by atoms with E-state index in [9.17, 15) is 4.39 Å². The van der Waals surface area contributed by atoms with Gasteiger partial charge in [0.2, 0.25) is 0 Å². The van der Waals surface area contributed by atoms with E-state index >= 15 is 0 Å². The Kier molecular flexibility index (Phi) is 3.44. The van der Waals surface area contributed by atoms with Crippen LogP contribution < -0.4 is 5.32 Å². The number of nitrogens with zero attached hydrogens (tertiary/aromatic N) is 2. The predicted octanol–water partition coefficient (Wildman–Crippen LogP) is 4.07. The van der Waals surface area contributed by atoms with Crippen LogP contribution in [0, 0.1) is 5.82 Å². The van der Waals surface area contributed by atoms with Crippen LogP contribution in [0.4, 0.5) is 9.52 Å². The van der Waals surface area contributed by atoms with Crippen molar-refractivity contribution >= 4 is 38.0 Å². The SMILES string of the molecule is CCc1cnc(CNc2nc3ccc(F)cc3s2)s1. The molecule has 0 fully saturated rings. The number of hydrogen-bond acceptors (Lipinski definition) is 5. The van der Waals surface area contributed by atoms with Crippen molar-refractivity contribution in [1.82, 2.24) is 9.97 Å². The van der Waals surface area contributed by atoms with Gasteiger partial charge in [-0.1, -0.05) is 18.3 Å². The van der Waals surface area contributed by atoms with E-state index in [1.165, 1.54) is 28.3 Å². The summed E-state index contributed by atoms with van der Waals surface area (Å²) >= 11 is 3.16. The van der Waals surface area contributed by atoms with Gasteiger partial charge in [0.15, 0.2) is 5.13 Å². The minimum absolute atomic E-state index is 0.227. The lowest BCUT2D eigenvalue weighted by Gasteiger charge is -1.97. The number of hydrogen-bond donors (Lipinski definition) is 1. The van der Waals surface area contributed by atoms with E-state index in [2.05, 4.69) is 22.2 Å². The standard InChI is InChI=1S/C13H12FN3S2/c1-2-9-6-15-12(18-9)7-16-13-17-10-4-3-8(14)5-11(10)19-13/h3-6H,2,7H2,1H3,(H,16,17). The van der Waals surface area contributed by atoms with Gasteiger partial charge in [0.1, 0.15) is 10.8 Å². The molecular formula is C13H12FN3S2. The number of anilines is 1. The highest BCUT2D eigenvalue weighted by Crippen LogP contribution is 2.27. The zero-order valence-corrected chi connectivity index (χ0v) is 11.9. The zero-order chi connectivity index (χ0) is 13.2. The van der Waals surface area contributed by atoms with Crippen molar-refractivity contribution in [3.05, 3.63) is 40.1 Å². The highest BCUT2D eigenvalue weighted by Gasteiger charge is 2.06. The minimum atomic E-state index is -0.227. The summed E-state index contributed by atoms with van der Waals surface area (Å²) in [5, 5.41) is 5.08. The lowest BCUT2D eigenvalue weighted by atomic mass is 10.3. The van der Waals surface area contributed by atoms with Crippen LogP contribution >= 0.6 is 22.7 Å². The van der Waals surface area contributed by atoms with E-state index in [0.29, 0.717) is 6.54 Å². The molecule has 2 heterocycles. The molecule has 0 radical (unpaired) electrons. The normalized spacial score (nSPS) is 11.1. The Labute approximate surface area is 118 Å². The van der Waals surface area contributed by atoms with Gasteiger partial charge in [0.25, 0.3) is 0 Å². The highest BCUT2D eigenvalue weighted by molar-refractivity contribution is 7.22. The lowest BCUT2D eigenvalue weighted by molar-refractivity contribution is 0.630. The molecule has 0 aliphatic carbocycles. The minimum Gasteiger partial charge on any atom is -0.355 e. The molecule has 3 nitrogen and oxygen atoms in total. The molecule has 0 unspecified atom stereocenters. The Balaban J connectivity index is 1.74. The largest absolute Gasteiger partial charge is 0.355 e. The van der Waals surface area contributed by atoms with Crippen LogP contribution in [0.5, 0.6) is 0 Å². The number of aryl methyl sites for hydroxylation is 1. The molecule has 0 atom stereocenters. The van der Waals surface area contributed by atoms with E-state index in [1.54, 1.807) is 17.4 Å². The first-order valence-corrected chi connectivity index (χ1v) is 7.61. The molecule has 0 bridgehead atoms. The van der Waals surface area contributed by atoms with Crippen LogP contribution in [0.3, 0.4) is 0 Å². The fourth-order valence-corrected chi connectivity index (χ4v) is 3.41. The van der Waals surface area contributed by atoms with Crippen LogP contribution in [0.1, 0.15) is 16.8 Å². The molecule has 0 aliphatic rings. The van der Waals surface area contributed by atoms with Crippen molar-refractivity contribution in [3.63, 3.8) is 0 Å². The average Bonchev–Trinajstić information content (AvgIpc) is 3.01. The smallest absolute Gasteiger partial charge is 0.184 e. The predicted molar refractivity (Wildman–Crippen MR) is 78.4 cm³/mol. The summed E-state index contributed by atoms with van der Waals surface area (Å²) in [4.78, 5) is 10.0. The van der Waals surface area contributed by atoms with Gasteiger partial charge in [-0.25, -0.2) is 14.4 Å². The monoisotopic (exact) mass is 293 g/mol. The van der Waals surface area contributed by atoms with Gasteiger partial charge < -0.3 is 5.32 Å². The molecule has 0 saturated heterocycles. The van der Waals surface area contributed by atoms with E-state index in [4.69, 9.17) is 0 Å². The summed E-state index contributed by atoms with van der Waals surface area (Å²) in [5.74, 6) is -0.227. The average molecular weight is 293 g/mol. The summed E-state index contributed by atoms with van der Waals surface area (Å²) in [6.07, 6.45) is 2.92. The van der Waals surface area contributed by atoms with Crippen molar-refractivity contribution in [1.29, 1.82) is 0 Å². The fourth-order valence-electron chi connectivity index (χ4n) is 1.72. The summed E-state index contributed by atoms with van der Waals surface area (Å²) < 4.78 is 13.9. The fraction of sp³-hybridized carbons (Fsp3) is 0.231. The maximum absolute atomic E-state index is 13.1. The molecule has 3 rings (SSSR count). The molecule has 1 aromatic carbocycles. The Morgan fingerprint density at radius 2 is 2.21 bits per heavy atom. The topological polar surface area (TPSA) is 37.8 Å². The second-order valence-corrected chi connectivity index (χ2v) is 6.29. The maximum atomic E-state index is 13.1. The summed E-state index contributed by atoms with van der Waals surface area (Å²) in [7, 11) is 0. The molecular weight excluding hydrogens is 281 g/mol. The number of thiazole rings is 2. The van der Waals surface area contributed by atoms with Gasteiger partial charge in [-0.2, -0.15) is 0 Å². The molecule has 3 aromatic rings. The number of benzene rings is 1. The van der Waals surface area contributed by atoms with Crippen molar-refractivity contribution in [2.24, 2.45) is 0 Å². The molecule has 98 valence electrons. The van der Waals surface area contributed by atoms with E-state index in [0.717, 1.165) is 26.8 Å². The molecule has 0 saturated carbocycles. The van der Waals surface area contributed by atoms with Gasteiger partial charge in [0.05, 0.1) is 16.8 Å². The van der Waals surface area contributed by atoms with Gasteiger partial charge in [-0.3, -0.25) is 0 Å². The molecule has 2 aromatic heterocycles. The van der Waals surface area contributed by atoms with Crippen LogP contribution in [0.25, 0.3) is 10.2 Å². The summed E-state index contributed by atoms with van der Waals surface area (Å²) in [6.45, 7) is 2.78. The Hall–Kier alpha value is -1.53. The Bertz CT molecular complexity index is 705. The van der Waals surface area contributed by atoms with Crippen molar-refractivity contribution in [2.75, 3.05) is 5.32 Å².